The minimum atomic E-state index is 0. The summed E-state index contributed by atoms with van der Waals surface area (Å²) in [5.74, 6) is 0.0327. The molecular formula is C22H29Cl2N3O. The van der Waals surface area contributed by atoms with Gasteiger partial charge < -0.3 is 16.0 Å². The lowest BCUT2D eigenvalue weighted by atomic mass is 9.87. The smallest absolute Gasteiger partial charge is 0.253 e. The SMILES string of the molecule is Cc1ccc(N2CCCC2)c(C(=O)NC2CCCc3cc(N)ccc32)c1.Cl.Cl. The van der Waals surface area contributed by atoms with Gasteiger partial charge in [-0.15, -0.1) is 24.8 Å². The fourth-order valence-electron chi connectivity index (χ4n) is 4.29. The van der Waals surface area contributed by atoms with Gasteiger partial charge in [0.25, 0.3) is 5.91 Å². The number of rotatable bonds is 3. The molecule has 1 fully saturated rings. The molecule has 1 amide bonds. The number of nitrogens with zero attached hydrogens (tertiary/aromatic N) is 1. The van der Waals surface area contributed by atoms with Crippen molar-refractivity contribution >= 4 is 42.1 Å². The van der Waals surface area contributed by atoms with Crippen molar-refractivity contribution in [3.8, 4) is 0 Å². The first-order valence-electron chi connectivity index (χ1n) is 9.66. The predicted molar refractivity (Wildman–Crippen MR) is 121 cm³/mol. The topological polar surface area (TPSA) is 58.4 Å². The molecule has 1 aliphatic heterocycles. The number of hydrogen-bond acceptors (Lipinski definition) is 3. The first kappa shape index (κ1) is 22.4. The average molecular weight is 422 g/mol. The molecule has 4 nitrogen and oxygen atoms in total. The van der Waals surface area contributed by atoms with Gasteiger partial charge in [0.15, 0.2) is 0 Å². The molecule has 1 atom stereocenters. The molecule has 0 radical (unpaired) electrons. The zero-order chi connectivity index (χ0) is 18.1. The van der Waals surface area contributed by atoms with E-state index in [1.165, 1.54) is 24.0 Å². The van der Waals surface area contributed by atoms with E-state index in [4.69, 9.17) is 5.73 Å². The van der Waals surface area contributed by atoms with Crippen LogP contribution in [0.3, 0.4) is 0 Å². The summed E-state index contributed by atoms with van der Waals surface area (Å²) in [4.78, 5) is 15.5. The minimum absolute atomic E-state index is 0. The summed E-state index contributed by atoms with van der Waals surface area (Å²) < 4.78 is 0. The van der Waals surface area contributed by atoms with E-state index in [2.05, 4.69) is 34.5 Å². The summed E-state index contributed by atoms with van der Waals surface area (Å²) in [6.07, 6.45) is 5.50. The quantitative estimate of drug-likeness (QED) is 0.697. The molecule has 0 aromatic heterocycles. The van der Waals surface area contributed by atoms with E-state index in [0.717, 1.165) is 54.9 Å². The second kappa shape index (κ2) is 9.53. The molecule has 4 rings (SSSR count). The maximum Gasteiger partial charge on any atom is 0.253 e. The Morgan fingerprint density at radius 3 is 2.57 bits per heavy atom. The van der Waals surface area contributed by atoms with Crippen LogP contribution in [-0.2, 0) is 6.42 Å². The van der Waals surface area contributed by atoms with Gasteiger partial charge in [0.05, 0.1) is 11.6 Å². The molecule has 1 heterocycles. The number of anilines is 2. The van der Waals surface area contributed by atoms with Crippen molar-refractivity contribution in [1.82, 2.24) is 5.32 Å². The Labute approximate surface area is 179 Å². The third-order valence-corrected chi connectivity index (χ3v) is 5.63. The predicted octanol–water partition coefficient (Wildman–Crippen LogP) is 4.83. The van der Waals surface area contributed by atoms with Crippen LogP contribution in [0.25, 0.3) is 0 Å². The molecule has 2 aromatic rings. The summed E-state index contributed by atoms with van der Waals surface area (Å²) in [6, 6.07) is 12.4. The number of aryl methyl sites for hydroxylation is 2. The van der Waals surface area contributed by atoms with Crippen LogP contribution in [-0.4, -0.2) is 19.0 Å². The molecule has 0 saturated carbocycles. The van der Waals surface area contributed by atoms with E-state index in [0.29, 0.717) is 0 Å². The van der Waals surface area contributed by atoms with Crippen molar-refractivity contribution in [2.24, 2.45) is 0 Å². The number of fused-ring (bicyclic) bond motifs is 1. The number of hydrogen-bond donors (Lipinski definition) is 2. The highest BCUT2D eigenvalue weighted by Crippen LogP contribution is 2.32. The lowest BCUT2D eigenvalue weighted by Gasteiger charge is -2.28. The van der Waals surface area contributed by atoms with E-state index in [-0.39, 0.29) is 36.8 Å². The number of nitrogens with one attached hydrogen (secondary N) is 1. The van der Waals surface area contributed by atoms with E-state index in [9.17, 15) is 4.79 Å². The molecule has 28 heavy (non-hydrogen) atoms. The molecule has 3 N–H and O–H groups in total. The lowest BCUT2D eigenvalue weighted by Crippen LogP contribution is -2.32. The Hall–Kier alpha value is -1.91. The highest BCUT2D eigenvalue weighted by molar-refractivity contribution is 6.00. The number of nitrogen functional groups attached to an aromatic ring is 1. The molecule has 2 aromatic carbocycles. The maximum atomic E-state index is 13.2. The number of carbonyl (C=O) groups is 1. The summed E-state index contributed by atoms with van der Waals surface area (Å²) >= 11 is 0. The largest absolute Gasteiger partial charge is 0.399 e. The van der Waals surface area contributed by atoms with Crippen molar-refractivity contribution in [2.75, 3.05) is 23.7 Å². The fourth-order valence-corrected chi connectivity index (χ4v) is 4.29. The first-order chi connectivity index (χ1) is 12.6. The van der Waals surface area contributed by atoms with Crippen LogP contribution in [0.1, 0.15) is 58.8 Å². The van der Waals surface area contributed by atoms with E-state index < -0.39 is 0 Å². The van der Waals surface area contributed by atoms with Crippen molar-refractivity contribution < 1.29 is 4.79 Å². The highest BCUT2D eigenvalue weighted by atomic mass is 35.5. The van der Waals surface area contributed by atoms with Crippen LogP contribution in [0, 0.1) is 6.92 Å². The van der Waals surface area contributed by atoms with Gasteiger partial charge in [-0.25, -0.2) is 0 Å². The van der Waals surface area contributed by atoms with Crippen LogP contribution < -0.4 is 16.0 Å². The number of nitrogens with two attached hydrogens (primary N) is 1. The van der Waals surface area contributed by atoms with Crippen LogP contribution in [0.15, 0.2) is 36.4 Å². The van der Waals surface area contributed by atoms with Crippen LogP contribution in [0.5, 0.6) is 0 Å². The first-order valence-corrected chi connectivity index (χ1v) is 9.66. The second-order valence-electron chi connectivity index (χ2n) is 7.59. The number of halogens is 2. The van der Waals surface area contributed by atoms with Crippen molar-refractivity contribution in [1.29, 1.82) is 0 Å². The number of benzene rings is 2. The molecule has 1 saturated heterocycles. The minimum Gasteiger partial charge on any atom is -0.399 e. The summed E-state index contributed by atoms with van der Waals surface area (Å²) in [7, 11) is 0. The molecule has 152 valence electrons. The van der Waals surface area contributed by atoms with Gasteiger partial charge in [0, 0.05) is 24.5 Å². The Bertz CT molecular complexity index is 835. The van der Waals surface area contributed by atoms with E-state index in [1.807, 2.05) is 19.1 Å². The van der Waals surface area contributed by atoms with Gasteiger partial charge >= 0.3 is 0 Å². The molecule has 1 unspecified atom stereocenters. The molecule has 1 aliphatic carbocycles. The van der Waals surface area contributed by atoms with Gasteiger partial charge in [-0.1, -0.05) is 17.7 Å². The van der Waals surface area contributed by atoms with Crippen LogP contribution in [0.2, 0.25) is 0 Å². The normalized spacial score (nSPS) is 17.9. The van der Waals surface area contributed by atoms with E-state index in [1.54, 1.807) is 0 Å². The Morgan fingerprint density at radius 2 is 1.82 bits per heavy atom. The van der Waals surface area contributed by atoms with Gasteiger partial charge in [-0.2, -0.15) is 0 Å². The monoisotopic (exact) mass is 421 g/mol. The Morgan fingerprint density at radius 1 is 1.07 bits per heavy atom. The third kappa shape index (κ3) is 4.56. The summed E-state index contributed by atoms with van der Waals surface area (Å²) in [6.45, 7) is 4.12. The zero-order valence-electron chi connectivity index (χ0n) is 16.2. The van der Waals surface area contributed by atoms with Crippen LogP contribution >= 0.6 is 24.8 Å². The van der Waals surface area contributed by atoms with Crippen molar-refractivity contribution in [2.45, 2.75) is 45.1 Å². The standard InChI is InChI=1S/C22H27N3O.2ClH/c1-15-7-10-21(25-11-2-3-12-25)19(13-15)22(26)24-20-6-4-5-16-14-17(23)8-9-18(16)20;;/h7-10,13-14,20H,2-6,11-12,23H2,1H3,(H,24,26);2*1H. The molecule has 0 spiro atoms. The Balaban J connectivity index is 0.00000140. The van der Waals surface area contributed by atoms with Gasteiger partial charge in [0.1, 0.15) is 0 Å². The molecular weight excluding hydrogens is 393 g/mol. The third-order valence-electron chi connectivity index (χ3n) is 5.63. The van der Waals surface area contributed by atoms with Gasteiger partial charge in [0.2, 0.25) is 0 Å². The average Bonchev–Trinajstić information content (AvgIpc) is 3.16. The van der Waals surface area contributed by atoms with Crippen molar-refractivity contribution in [3.63, 3.8) is 0 Å². The fraction of sp³-hybridized carbons (Fsp3) is 0.409. The Kier molecular flexibility index (Phi) is 7.62. The number of amides is 1. The van der Waals surface area contributed by atoms with Gasteiger partial charge in [-0.05, 0) is 74.4 Å². The van der Waals surface area contributed by atoms with Crippen molar-refractivity contribution in [3.05, 3.63) is 58.7 Å². The summed E-state index contributed by atoms with van der Waals surface area (Å²) in [5, 5.41) is 3.30. The molecule has 6 heteroatoms. The molecule has 0 bridgehead atoms. The summed E-state index contributed by atoms with van der Waals surface area (Å²) in [5.41, 5.74) is 12.2. The lowest BCUT2D eigenvalue weighted by molar-refractivity contribution is 0.0933. The number of carbonyl (C=O) groups excluding carboxylic acids is 1. The zero-order valence-corrected chi connectivity index (χ0v) is 17.9. The highest BCUT2D eigenvalue weighted by Gasteiger charge is 2.25. The van der Waals surface area contributed by atoms with Gasteiger partial charge in [-0.3, -0.25) is 4.79 Å². The van der Waals surface area contributed by atoms with Crippen LogP contribution in [0.4, 0.5) is 11.4 Å². The maximum absolute atomic E-state index is 13.2. The van der Waals surface area contributed by atoms with E-state index >= 15 is 0 Å². The second-order valence-corrected chi connectivity index (χ2v) is 7.59. The molecule has 2 aliphatic rings.